The number of benzene rings is 14. The van der Waals surface area contributed by atoms with Gasteiger partial charge in [0.15, 0.2) is 11.2 Å². The maximum atomic E-state index is 6.88. The fraction of sp³-hybridized carbons (Fsp3) is 0.0361. The first-order valence-corrected chi connectivity index (χ1v) is 30.0. The summed E-state index contributed by atoms with van der Waals surface area (Å²) in [4.78, 5) is 4.83. The van der Waals surface area contributed by atoms with Crippen LogP contribution in [0.3, 0.4) is 0 Å². The van der Waals surface area contributed by atoms with E-state index in [0.717, 1.165) is 111 Å². The van der Waals surface area contributed by atoms with E-state index >= 15 is 0 Å². The van der Waals surface area contributed by atoms with Crippen molar-refractivity contribution in [2.45, 2.75) is 19.3 Å². The standard InChI is InChI=1S/C83H56N2O2/c1-83(2)79-63-45-41-61(84(75-33-19-31-69-65-29-15-17-35-77(65)86-81(69)75)73-47-39-57(53-21-7-3-8-22-53)51-71(73)55-25-11-5-12-26-55)49-59(63)37-43-67(79)68-44-38-60-50-62(42-46-64(60)80(68)83)85(76-34-20-32-70-66-30-16-18-36-78(66)87-82(70)76)74-48-40-58(54-23-9-4-10-24-54)52-72(74)56-27-13-6-14-28-56/h3-52H,1-2H3. The van der Waals surface area contributed by atoms with Crippen LogP contribution < -0.4 is 9.80 Å². The first-order chi connectivity index (χ1) is 42.9. The highest BCUT2D eigenvalue weighted by atomic mass is 16.3. The molecule has 16 aromatic rings. The summed E-state index contributed by atoms with van der Waals surface area (Å²) in [5, 5.41) is 9.18. The van der Waals surface area contributed by atoms with Gasteiger partial charge < -0.3 is 18.6 Å². The lowest BCUT2D eigenvalue weighted by Crippen LogP contribution is -2.16. The fourth-order valence-corrected chi connectivity index (χ4v) is 14.2. The lowest BCUT2D eigenvalue weighted by atomic mass is 9.78. The fourth-order valence-electron chi connectivity index (χ4n) is 14.2. The van der Waals surface area contributed by atoms with Crippen LogP contribution in [0.1, 0.15) is 25.0 Å². The number of nitrogens with zero attached hydrogens (tertiary/aromatic N) is 2. The van der Waals surface area contributed by atoms with Gasteiger partial charge in [0.25, 0.3) is 0 Å². The summed E-state index contributed by atoms with van der Waals surface area (Å²) in [6.07, 6.45) is 0. The third-order valence-corrected chi connectivity index (χ3v) is 18.2. The molecule has 4 nitrogen and oxygen atoms in total. The predicted molar refractivity (Wildman–Crippen MR) is 365 cm³/mol. The summed E-state index contributed by atoms with van der Waals surface area (Å²) in [6, 6.07) is 110. The number of hydrogen-bond acceptors (Lipinski definition) is 4. The zero-order valence-electron chi connectivity index (χ0n) is 48.1. The maximum absolute atomic E-state index is 6.88. The Bertz CT molecular complexity index is 5040. The second-order valence-electron chi connectivity index (χ2n) is 23.5. The average molecular weight is 1110 g/mol. The summed E-state index contributed by atoms with van der Waals surface area (Å²) < 4.78 is 13.8. The Morgan fingerprint density at radius 2 is 0.632 bits per heavy atom. The van der Waals surface area contributed by atoms with Gasteiger partial charge in [0, 0.05) is 49.5 Å². The van der Waals surface area contributed by atoms with Crippen molar-refractivity contribution < 1.29 is 8.83 Å². The molecule has 0 unspecified atom stereocenters. The molecule has 0 saturated heterocycles. The Morgan fingerprint density at radius 1 is 0.253 bits per heavy atom. The number of furan rings is 2. The molecule has 14 aromatic carbocycles. The van der Waals surface area contributed by atoms with E-state index in [9.17, 15) is 0 Å². The van der Waals surface area contributed by atoms with Crippen LogP contribution in [0.2, 0.25) is 0 Å². The van der Waals surface area contributed by atoms with Crippen molar-refractivity contribution in [1.29, 1.82) is 0 Å². The first-order valence-electron chi connectivity index (χ1n) is 30.0. The summed E-state index contributed by atoms with van der Waals surface area (Å²) in [5.74, 6) is 0. The van der Waals surface area contributed by atoms with E-state index in [1.807, 2.05) is 12.1 Å². The molecule has 0 fully saturated rings. The monoisotopic (exact) mass is 1110 g/mol. The Hall–Kier alpha value is -11.2. The molecule has 0 spiro atoms. The van der Waals surface area contributed by atoms with Gasteiger partial charge in [-0.2, -0.15) is 0 Å². The highest BCUT2D eigenvalue weighted by Crippen LogP contribution is 2.56. The highest BCUT2D eigenvalue weighted by Gasteiger charge is 2.39. The predicted octanol–water partition coefficient (Wildman–Crippen LogP) is 23.7. The van der Waals surface area contributed by atoms with Gasteiger partial charge in [-0.3, -0.25) is 0 Å². The Balaban J connectivity index is 0.822. The van der Waals surface area contributed by atoms with Gasteiger partial charge in [-0.1, -0.05) is 244 Å². The van der Waals surface area contributed by atoms with Gasteiger partial charge in [-0.25, -0.2) is 0 Å². The van der Waals surface area contributed by atoms with Gasteiger partial charge in [0.2, 0.25) is 0 Å². The lowest BCUT2D eigenvalue weighted by Gasteiger charge is -2.30. The smallest absolute Gasteiger partial charge is 0.159 e. The molecule has 87 heavy (non-hydrogen) atoms. The van der Waals surface area contributed by atoms with Crippen molar-refractivity contribution in [3.8, 4) is 55.6 Å². The minimum Gasteiger partial charge on any atom is -0.454 e. The van der Waals surface area contributed by atoms with Crippen LogP contribution in [0.4, 0.5) is 34.1 Å². The molecule has 1 aliphatic rings. The van der Waals surface area contributed by atoms with E-state index in [0.29, 0.717) is 0 Å². The van der Waals surface area contributed by atoms with E-state index in [2.05, 4.69) is 315 Å². The second kappa shape index (κ2) is 20.0. The number of anilines is 6. The van der Waals surface area contributed by atoms with Crippen molar-refractivity contribution in [3.63, 3.8) is 0 Å². The molecule has 0 radical (unpaired) electrons. The van der Waals surface area contributed by atoms with Crippen molar-refractivity contribution in [1.82, 2.24) is 0 Å². The molecule has 410 valence electrons. The summed E-state index contributed by atoms with van der Waals surface area (Å²) >= 11 is 0. The minimum atomic E-state index is -0.354. The molecule has 0 amide bonds. The summed E-state index contributed by atoms with van der Waals surface area (Å²) in [5.41, 5.74) is 23.6. The molecule has 1 aliphatic carbocycles. The van der Waals surface area contributed by atoms with Gasteiger partial charge in [-0.15, -0.1) is 0 Å². The molecule has 17 rings (SSSR count). The van der Waals surface area contributed by atoms with E-state index in [-0.39, 0.29) is 5.41 Å². The van der Waals surface area contributed by atoms with Crippen LogP contribution in [0, 0.1) is 0 Å². The van der Waals surface area contributed by atoms with Crippen molar-refractivity contribution in [3.05, 3.63) is 314 Å². The van der Waals surface area contributed by atoms with Crippen molar-refractivity contribution >= 4 is 99.5 Å². The molecule has 0 atom stereocenters. The molecule has 0 bridgehead atoms. The van der Waals surface area contributed by atoms with E-state index in [1.54, 1.807) is 0 Å². The first kappa shape index (κ1) is 50.3. The third kappa shape index (κ3) is 8.13. The number of para-hydroxylation sites is 4. The van der Waals surface area contributed by atoms with Crippen LogP contribution >= 0.6 is 0 Å². The maximum Gasteiger partial charge on any atom is 0.159 e. The molecule has 0 N–H and O–H groups in total. The van der Waals surface area contributed by atoms with E-state index < -0.39 is 0 Å². The van der Waals surface area contributed by atoms with Crippen LogP contribution in [0.25, 0.3) is 121 Å². The third-order valence-electron chi connectivity index (χ3n) is 18.2. The van der Waals surface area contributed by atoms with Crippen LogP contribution in [-0.2, 0) is 5.41 Å². The number of rotatable bonds is 10. The summed E-state index contributed by atoms with van der Waals surface area (Å²) in [7, 11) is 0. The van der Waals surface area contributed by atoms with Crippen LogP contribution in [-0.4, -0.2) is 0 Å². The molecule has 2 heterocycles. The van der Waals surface area contributed by atoms with E-state index in [4.69, 9.17) is 8.83 Å². The molecule has 4 heteroatoms. The van der Waals surface area contributed by atoms with Gasteiger partial charge in [0.1, 0.15) is 11.2 Å². The molecular formula is C83H56N2O2. The molecular weight excluding hydrogens is 1060 g/mol. The zero-order chi connectivity index (χ0) is 57.7. The Kier molecular flexibility index (Phi) is 11.6. The Labute approximate surface area is 504 Å². The number of hydrogen-bond donors (Lipinski definition) is 0. The highest BCUT2D eigenvalue weighted by molar-refractivity contribution is 6.14. The van der Waals surface area contributed by atoms with E-state index in [1.165, 1.54) is 54.9 Å². The summed E-state index contributed by atoms with van der Waals surface area (Å²) in [6.45, 7) is 4.84. The Morgan fingerprint density at radius 3 is 1.06 bits per heavy atom. The van der Waals surface area contributed by atoms with Crippen LogP contribution in [0.15, 0.2) is 312 Å². The second-order valence-corrected chi connectivity index (χ2v) is 23.5. The minimum absolute atomic E-state index is 0.354. The molecule has 0 aliphatic heterocycles. The van der Waals surface area contributed by atoms with Gasteiger partial charge >= 0.3 is 0 Å². The lowest BCUT2D eigenvalue weighted by molar-refractivity contribution is 0.668. The SMILES string of the molecule is CC1(C)c2c(ccc3cc(N(c4ccc(-c5ccccc5)cc4-c4ccccc4)c4cccc5c4oc4ccccc45)ccc23)-c2ccc3cc(N(c4ccc(-c5ccccc5)cc4-c4ccccc4)c4cccc5c4oc4ccccc45)ccc3c21. The van der Waals surface area contributed by atoms with Crippen molar-refractivity contribution in [2.24, 2.45) is 0 Å². The topological polar surface area (TPSA) is 32.8 Å². The normalized spacial score (nSPS) is 12.6. The molecule has 2 aromatic heterocycles. The largest absolute Gasteiger partial charge is 0.454 e. The molecule has 0 saturated carbocycles. The average Bonchev–Trinajstić information content (AvgIpc) is 1.67. The van der Waals surface area contributed by atoms with Crippen LogP contribution in [0.5, 0.6) is 0 Å². The van der Waals surface area contributed by atoms with Gasteiger partial charge in [0.05, 0.1) is 22.7 Å². The zero-order valence-corrected chi connectivity index (χ0v) is 48.1. The van der Waals surface area contributed by atoms with Gasteiger partial charge in [-0.05, 0) is 150 Å². The van der Waals surface area contributed by atoms with Crippen molar-refractivity contribution in [2.75, 3.05) is 9.80 Å². The quantitative estimate of drug-likeness (QED) is 0.137. The number of fused-ring (bicyclic) bond motifs is 13.